The fourth-order valence-corrected chi connectivity index (χ4v) is 1.67. The molecule has 8 heteroatoms. The second-order valence-corrected chi connectivity index (χ2v) is 7.26. The number of nitrogens with one attached hydrogen (secondary N) is 3. The summed E-state index contributed by atoms with van der Waals surface area (Å²) in [6, 6.07) is 0. The lowest BCUT2D eigenvalue weighted by Crippen LogP contribution is -2.54. The molecule has 0 unspecified atom stereocenters. The molecule has 1 amide bonds. The smallest absolute Gasteiger partial charge is 0.408 e. The number of halogens is 1. The Kier molecular flexibility index (Phi) is 12.4. The molecule has 0 aromatic heterocycles. The lowest BCUT2D eigenvalue weighted by molar-refractivity contribution is 0.0474. The van der Waals surface area contributed by atoms with Gasteiger partial charge in [-0.3, -0.25) is 4.99 Å². The van der Waals surface area contributed by atoms with E-state index >= 15 is 0 Å². The first-order chi connectivity index (χ1) is 10.5. The van der Waals surface area contributed by atoms with Crippen molar-refractivity contribution in [2.75, 3.05) is 40.3 Å². The maximum absolute atomic E-state index is 11.9. The van der Waals surface area contributed by atoms with E-state index in [0.29, 0.717) is 12.5 Å². The monoisotopic (exact) mass is 457 g/mol. The molecule has 0 aromatic carbocycles. The van der Waals surface area contributed by atoms with Crippen LogP contribution in [0, 0.1) is 0 Å². The molecule has 0 aliphatic carbocycles. The third-order valence-electron chi connectivity index (χ3n) is 3.09. The Labute approximate surface area is 164 Å². The van der Waals surface area contributed by atoms with Crippen LogP contribution in [0.2, 0.25) is 0 Å². The number of likely N-dealkylation sites (N-methyl/N-ethyl adjacent to an activating group) is 1. The van der Waals surface area contributed by atoms with Crippen LogP contribution < -0.4 is 16.0 Å². The molecule has 0 saturated heterocycles. The van der Waals surface area contributed by atoms with Crippen molar-refractivity contribution in [1.29, 1.82) is 0 Å². The first-order valence-electron chi connectivity index (χ1n) is 8.13. The van der Waals surface area contributed by atoms with E-state index in [4.69, 9.17) is 4.74 Å². The number of guanidine groups is 1. The molecule has 0 rings (SSSR count). The van der Waals surface area contributed by atoms with Crippen molar-refractivity contribution in [2.45, 2.75) is 52.7 Å². The van der Waals surface area contributed by atoms with Crippen LogP contribution in [0.4, 0.5) is 4.79 Å². The summed E-state index contributed by atoms with van der Waals surface area (Å²) < 4.78 is 5.28. The highest BCUT2D eigenvalue weighted by Gasteiger charge is 2.24. The molecule has 0 saturated carbocycles. The lowest BCUT2D eigenvalue weighted by atomic mass is 10.1. The van der Waals surface area contributed by atoms with Crippen LogP contribution in [0.5, 0.6) is 0 Å². The number of ether oxygens (including phenoxy) is 1. The number of hydrogen-bond acceptors (Lipinski definition) is 4. The van der Waals surface area contributed by atoms with E-state index in [2.05, 4.69) is 39.8 Å². The van der Waals surface area contributed by atoms with E-state index in [1.165, 1.54) is 0 Å². The number of carbonyl (C=O) groups excluding carboxylic acids is 1. The van der Waals surface area contributed by atoms with Crippen LogP contribution in [-0.2, 0) is 4.74 Å². The molecule has 0 aliphatic rings. The molecule has 3 N–H and O–H groups in total. The molecular weight excluding hydrogens is 421 g/mol. The predicted octanol–water partition coefficient (Wildman–Crippen LogP) is 2.02. The van der Waals surface area contributed by atoms with Gasteiger partial charge in [-0.25, -0.2) is 4.79 Å². The number of aliphatic imine (C=N–C) groups is 1. The van der Waals surface area contributed by atoms with Crippen molar-refractivity contribution in [3.05, 3.63) is 0 Å². The Balaban J connectivity index is 0. The summed E-state index contributed by atoms with van der Waals surface area (Å²) >= 11 is 0. The minimum atomic E-state index is -0.503. The van der Waals surface area contributed by atoms with E-state index in [1.807, 2.05) is 34.6 Å². The molecule has 0 aromatic rings. The summed E-state index contributed by atoms with van der Waals surface area (Å²) in [7, 11) is 3.80. The minimum absolute atomic E-state index is 0. The molecule has 24 heavy (non-hydrogen) atoms. The molecule has 0 aliphatic heterocycles. The molecular formula is C16H36IN5O2. The fourth-order valence-electron chi connectivity index (χ4n) is 1.67. The normalized spacial score (nSPS) is 12.5. The number of amides is 1. The van der Waals surface area contributed by atoms with Gasteiger partial charge in [-0.2, -0.15) is 0 Å². The van der Waals surface area contributed by atoms with E-state index in [9.17, 15) is 4.79 Å². The summed E-state index contributed by atoms with van der Waals surface area (Å²) in [5.74, 6) is 0.716. The third kappa shape index (κ3) is 13.6. The van der Waals surface area contributed by atoms with Gasteiger partial charge in [0.1, 0.15) is 5.60 Å². The summed E-state index contributed by atoms with van der Waals surface area (Å²) in [5, 5.41) is 9.33. The third-order valence-corrected chi connectivity index (χ3v) is 3.09. The standard InChI is InChI=1S/C16H35N5O2.HI/c1-9-21(8)11-10-18-13(17-7)19-12-16(5,6)20-14(22)23-15(2,3)4;/h9-12H2,1-8H3,(H,20,22)(H2,17,18,19);1H. The molecule has 7 nitrogen and oxygen atoms in total. The highest BCUT2D eigenvalue weighted by Crippen LogP contribution is 2.09. The number of carbonyl (C=O) groups is 1. The van der Waals surface area contributed by atoms with Crippen LogP contribution in [0.15, 0.2) is 4.99 Å². The average Bonchev–Trinajstić information content (AvgIpc) is 2.39. The SMILES string of the molecule is CCN(C)CCNC(=NC)NCC(C)(C)NC(=O)OC(C)(C)C.I. The summed E-state index contributed by atoms with van der Waals surface area (Å²) in [6.07, 6.45) is -0.420. The van der Waals surface area contributed by atoms with Crippen LogP contribution in [0.3, 0.4) is 0 Å². The highest BCUT2D eigenvalue weighted by molar-refractivity contribution is 14.0. The van der Waals surface area contributed by atoms with Crippen molar-refractivity contribution in [2.24, 2.45) is 4.99 Å². The van der Waals surface area contributed by atoms with Crippen molar-refractivity contribution in [3.63, 3.8) is 0 Å². The molecule has 0 heterocycles. The summed E-state index contributed by atoms with van der Waals surface area (Å²) in [6.45, 7) is 14.8. The van der Waals surface area contributed by atoms with Crippen LogP contribution >= 0.6 is 24.0 Å². The Morgan fingerprint density at radius 2 is 1.75 bits per heavy atom. The van der Waals surface area contributed by atoms with Gasteiger partial charge in [0.05, 0.1) is 5.54 Å². The first-order valence-corrected chi connectivity index (χ1v) is 8.13. The van der Waals surface area contributed by atoms with Gasteiger partial charge < -0.3 is 25.6 Å². The van der Waals surface area contributed by atoms with Crippen molar-refractivity contribution < 1.29 is 9.53 Å². The first kappa shape index (κ1) is 25.5. The Bertz CT molecular complexity index is 394. The minimum Gasteiger partial charge on any atom is -0.444 e. The molecule has 0 atom stereocenters. The van der Waals surface area contributed by atoms with Gasteiger partial charge in [0.25, 0.3) is 0 Å². The zero-order valence-electron chi connectivity index (χ0n) is 16.4. The van der Waals surface area contributed by atoms with Crippen molar-refractivity contribution >= 4 is 36.0 Å². The molecule has 0 bridgehead atoms. The van der Waals surface area contributed by atoms with Crippen molar-refractivity contribution in [1.82, 2.24) is 20.9 Å². The maximum Gasteiger partial charge on any atom is 0.408 e. The van der Waals surface area contributed by atoms with E-state index < -0.39 is 17.2 Å². The number of alkyl carbamates (subject to hydrolysis) is 1. The van der Waals surface area contributed by atoms with Gasteiger partial charge >= 0.3 is 6.09 Å². The maximum atomic E-state index is 11.9. The predicted molar refractivity (Wildman–Crippen MR) is 111 cm³/mol. The summed E-state index contributed by atoms with van der Waals surface area (Å²) in [5.41, 5.74) is -0.962. The molecule has 144 valence electrons. The Hall–Kier alpha value is -0.770. The fraction of sp³-hybridized carbons (Fsp3) is 0.875. The topological polar surface area (TPSA) is 78.0 Å². The number of rotatable bonds is 7. The van der Waals surface area contributed by atoms with Gasteiger partial charge in [0, 0.05) is 26.7 Å². The van der Waals surface area contributed by atoms with Gasteiger partial charge in [0.2, 0.25) is 0 Å². The van der Waals surface area contributed by atoms with Crippen LogP contribution in [-0.4, -0.2) is 68.4 Å². The van der Waals surface area contributed by atoms with E-state index in [1.54, 1.807) is 7.05 Å². The zero-order valence-corrected chi connectivity index (χ0v) is 18.8. The quantitative estimate of drug-likeness (QED) is 0.310. The molecule has 0 radical (unpaired) electrons. The zero-order chi connectivity index (χ0) is 18.1. The number of hydrogen-bond donors (Lipinski definition) is 3. The second-order valence-electron chi connectivity index (χ2n) is 7.26. The average molecular weight is 457 g/mol. The molecule has 0 fully saturated rings. The second kappa shape index (κ2) is 11.7. The van der Waals surface area contributed by atoms with Gasteiger partial charge in [-0.1, -0.05) is 6.92 Å². The summed E-state index contributed by atoms with van der Waals surface area (Å²) in [4.78, 5) is 18.3. The Morgan fingerprint density at radius 1 is 1.17 bits per heavy atom. The Morgan fingerprint density at radius 3 is 2.21 bits per heavy atom. The largest absolute Gasteiger partial charge is 0.444 e. The highest BCUT2D eigenvalue weighted by atomic mass is 127. The van der Waals surface area contributed by atoms with Gasteiger partial charge in [0.15, 0.2) is 5.96 Å². The van der Waals surface area contributed by atoms with Gasteiger partial charge in [-0.15, -0.1) is 24.0 Å². The van der Waals surface area contributed by atoms with E-state index in [0.717, 1.165) is 19.6 Å². The van der Waals surface area contributed by atoms with Crippen LogP contribution in [0.1, 0.15) is 41.5 Å². The van der Waals surface area contributed by atoms with E-state index in [-0.39, 0.29) is 24.0 Å². The van der Waals surface area contributed by atoms with Crippen molar-refractivity contribution in [3.8, 4) is 0 Å². The molecule has 0 spiro atoms. The van der Waals surface area contributed by atoms with Crippen LogP contribution in [0.25, 0.3) is 0 Å². The number of nitrogens with zero attached hydrogens (tertiary/aromatic N) is 2. The van der Waals surface area contributed by atoms with Gasteiger partial charge in [-0.05, 0) is 48.2 Å². The lowest BCUT2D eigenvalue weighted by Gasteiger charge is -2.29.